The third-order valence-corrected chi connectivity index (χ3v) is 30.4. The van der Waals surface area contributed by atoms with E-state index in [2.05, 4.69) is 87.3 Å². The summed E-state index contributed by atoms with van der Waals surface area (Å²) in [6.45, 7) is 14.5. The van der Waals surface area contributed by atoms with Gasteiger partial charge in [-0.05, 0) is 0 Å². The SMILES string of the molecule is CC1=C(C)[C](C)([Hf]([CH3])([CH3])[C]2(C)C=Cc3ccccc32)C(C)=C1C. The molecule has 0 heterocycles. The zero-order valence-corrected chi connectivity index (χ0v) is 19.6. The second-order valence-electron chi connectivity index (χ2n) is 8.37. The molecule has 0 aliphatic heterocycles. The first-order chi connectivity index (χ1) is 10.6. The molecule has 0 bridgehead atoms. The standard InChI is InChI=1S/C10H9.C10H15.2CH3.Hf/c1-8-6-7-9-4-2-3-5-10(8)9;1-6-7(2)9(4)10(5)8(6)3;;;/h2-7H,1H3;1-5H3;2*1H3;. The molecule has 2 aliphatic rings. The zero-order valence-electron chi connectivity index (χ0n) is 16.0. The van der Waals surface area contributed by atoms with Gasteiger partial charge in [0, 0.05) is 0 Å². The van der Waals surface area contributed by atoms with Crippen LogP contribution in [0.5, 0.6) is 0 Å². The van der Waals surface area contributed by atoms with Gasteiger partial charge in [0.05, 0.1) is 0 Å². The topological polar surface area (TPSA) is 0 Å². The molecule has 0 nitrogen and oxygen atoms in total. The van der Waals surface area contributed by atoms with Gasteiger partial charge >= 0.3 is 147 Å². The van der Waals surface area contributed by atoms with Crippen molar-refractivity contribution in [1.29, 1.82) is 0 Å². The van der Waals surface area contributed by atoms with Crippen molar-refractivity contribution in [3.05, 3.63) is 63.8 Å². The Bertz CT molecular complexity index is 749. The van der Waals surface area contributed by atoms with Crippen LogP contribution in [0.15, 0.2) is 52.6 Å². The number of benzene rings is 1. The number of fused-ring (bicyclic) bond motifs is 1. The third kappa shape index (κ3) is 1.92. The summed E-state index contributed by atoms with van der Waals surface area (Å²) in [7, 11) is 0. The average molecular weight is 473 g/mol. The van der Waals surface area contributed by atoms with Gasteiger partial charge in [0.1, 0.15) is 0 Å². The van der Waals surface area contributed by atoms with Crippen LogP contribution in [0.2, 0.25) is 12.5 Å². The Labute approximate surface area is 146 Å². The van der Waals surface area contributed by atoms with E-state index in [-0.39, 0.29) is 3.17 Å². The van der Waals surface area contributed by atoms with Crippen molar-refractivity contribution in [3.8, 4) is 0 Å². The van der Waals surface area contributed by atoms with E-state index in [0.29, 0.717) is 3.17 Å². The Kier molecular flexibility index (Phi) is 3.84. The van der Waals surface area contributed by atoms with Crippen molar-refractivity contribution in [2.75, 3.05) is 0 Å². The number of hydrogen-bond donors (Lipinski definition) is 0. The summed E-state index contributed by atoms with van der Waals surface area (Å²) in [6, 6.07) is 9.03. The van der Waals surface area contributed by atoms with Crippen molar-refractivity contribution >= 4 is 6.08 Å². The molecular formula is C22H30Hf. The van der Waals surface area contributed by atoms with Gasteiger partial charge in [-0.2, -0.15) is 0 Å². The molecule has 1 aromatic rings. The van der Waals surface area contributed by atoms with Crippen LogP contribution in [-0.2, 0) is 23.1 Å². The summed E-state index contributed by atoms with van der Waals surface area (Å²) in [4.78, 5) is 0. The minimum atomic E-state index is -2.85. The van der Waals surface area contributed by atoms with E-state index in [0.717, 1.165) is 0 Å². The molecule has 0 N–H and O–H groups in total. The fourth-order valence-corrected chi connectivity index (χ4v) is 21.9. The number of allylic oxidation sites excluding steroid dienone is 5. The normalized spacial score (nSPS) is 26.3. The second kappa shape index (κ2) is 5.15. The molecule has 0 aromatic heterocycles. The fraction of sp³-hybridized carbons (Fsp3) is 0.455. The van der Waals surface area contributed by atoms with Gasteiger partial charge in [-0.15, -0.1) is 0 Å². The van der Waals surface area contributed by atoms with Crippen LogP contribution in [0.4, 0.5) is 0 Å². The van der Waals surface area contributed by atoms with Gasteiger partial charge in [-0.3, -0.25) is 0 Å². The Morgan fingerprint density at radius 1 is 0.826 bits per heavy atom. The summed E-state index contributed by atoms with van der Waals surface area (Å²) >= 11 is -2.85. The minimum absolute atomic E-state index is 0.256. The van der Waals surface area contributed by atoms with Crippen LogP contribution in [-0.4, -0.2) is 0 Å². The second-order valence-corrected chi connectivity index (χ2v) is 27.4. The molecule has 2 aliphatic carbocycles. The van der Waals surface area contributed by atoms with E-state index in [1.807, 2.05) is 0 Å². The van der Waals surface area contributed by atoms with Crippen LogP contribution < -0.4 is 0 Å². The molecule has 3 rings (SSSR count). The molecule has 0 fully saturated rings. The summed E-state index contributed by atoms with van der Waals surface area (Å²) in [5.41, 5.74) is 9.35. The maximum atomic E-state index is 2.68. The molecule has 0 saturated carbocycles. The van der Waals surface area contributed by atoms with E-state index >= 15 is 0 Å². The summed E-state index contributed by atoms with van der Waals surface area (Å²) in [5.74, 6) is 0. The first-order valence-electron chi connectivity index (χ1n) is 8.74. The van der Waals surface area contributed by atoms with E-state index < -0.39 is 20.0 Å². The number of rotatable bonds is 2. The molecule has 0 radical (unpaired) electrons. The van der Waals surface area contributed by atoms with Crippen molar-refractivity contribution in [2.24, 2.45) is 0 Å². The van der Waals surface area contributed by atoms with Crippen LogP contribution in [0, 0.1) is 0 Å². The molecule has 122 valence electrons. The van der Waals surface area contributed by atoms with E-state index in [1.54, 1.807) is 16.7 Å². The van der Waals surface area contributed by atoms with Gasteiger partial charge < -0.3 is 0 Å². The van der Waals surface area contributed by atoms with Crippen LogP contribution >= 0.6 is 0 Å². The van der Waals surface area contributed by atoms with Crippen molar-refractivity contribution < 1.29 is 20.0 Å². The Balaban J connectivity index is 2.23. The summed E-state index contributed by atoms with van der Waals surface area (Å²) in [6.07, 6.45) is 4.90. The summed E-state index contributed by atoms with van der Waals surface area (Å²) < 4.78 is 5.92. The zero-order chi connectivity index (χ0) is 17.2. The molecule has 23 heavy (non-hydrogen) atoms. The van der Waals surface area contributed by atoms with Crippen molar-refractivity contribution in [2.45, 2.75) is 57.2 Å². The van der Waals surface area contributed by atoms with Gasteiger partial charge in [0.25, 0.3) is 0 Å². The first kappa shape index (κ1) is 17.1. The van der Waals surface area contributed by atoms with E-state index in [1.165, 1.54) is 16.7 Å². The monoisotopic (exact) mass is 474 g/mol. The molecule has 1 atom stereocenters. The molecular weight excluding hydrogens is 443 g/mol. The van der Waals surface area contributed by atoms with Crippen LogP contribution in [0.25, 0.3) is 6.08 Å². The van der Waals surface area contributed by atoms with E-state index in [9.17, 15) is 0 Å². The fourth-order valence-electron chi connectivity index (χ4n) is 5.06. The Hall–Kier alpha value is -0.690. The molecule has 1 heteroatoms. The Morgan fingerprint density at radius 3 is 1.91 bits per heavy atom. The first-order valence-corrected chi connectivity index (χ1v) is 19.5. The summed E-state index contributed by atoms with van der Waals surface area (Å²) in [5, 5.41) is 0. The molecule has 0 amide bonds. The van der Waals surface area contributed by atoms with Crippen LogP contribution in [0.3, 0.4) is 0 Å². The van der Waals surface area contributed by atoms with Gasteiger partial charge in [-0.25, -0.2) is 0 Å². The quantitative estimate of drug-likeness (QED) is 0.405. The third-order valence-electron chi connectivity index (χ3n) is 7.85. The molecule has 1 unspecified atom stereocenters. The van der Waals surface area contributed by atoms with Gasteiger partial charge in [-0.1, -0.05) is 0 Å². The predicted octanol–water partition coefficient (Wildman–Crippen LogP) is 7.04. The molecule has 0 saturated heterocycles. The average Bonchev–Trinajstić information content (AvgIpc) is 2.96. The van der Waals surface area contributed by atoms with Gasteiger partial charge in [0.2, 0.25) is 0 Å². The Morgan fingerprint density at radius 2 is 1.35 bits per heavy atom. The van der Waals surface area contributed by atoms with Crippen LogP contribution in [0.1, 0.15) is 52.7 Å². The number of hydrogen-bond acceptors (Lipinski definition) is 0. The maximum absolute atomic E-state index is 2.85. The predicted molar refractivity (Wildman–Crippen MR) is 99.7 cm³/mol. The molecule has 1 aromatic carbocycles. The van der Waals surface area contributed by atoms with Crippen molar-refractivity contribution in [1.82, 2.24) is 0 Å². The molecule has 0 spiro atoms. The van der Waals surface area contributed by atoms with Crippen molar-refractivity contribution in [3.63, 3.8) is 0 Å². The van der Waals surface area contributed by atoms with E-state index in [4.69, 9.17) is 0 Å². The van der Waals surface area contributed by atoms with Gasteiger partial charge in [0.15, 0.2) is 0 Å².